The Balaban J connectivity index is 1.13. The lowest BCUT2D eigenvalue weighted by Crippen LogP contribution is -3.16. The average molecular weight is 397 g/mol. The number of anilines is 1. The van der Waals surface area contributed by atoms with E-state index in [0.717, 1.165) is 43.9 Å². The Bertz CT molecular complexity index is 717. The number of rotatable bonds is 5. The first-order valence-corrected chi connectivity index (χ1v) is 11.9. The Morgan fingerprint density at radius 1 is 1.10 bits per heavy atom. The Labute approximate surface area is 176 Å². The van der Waals surface area contributed by atoms with Crippen molar-refractivity contribution in [2.45, 2.75) is 58.4 Å². The highest BCUT2D eigenvalue weighted by molar-refractivity contribution is 5.77. The smallest absolute Gasteiger partial charge is 0.275 e. The third-order valence-electron chi connectivity index (χ3n) is 8.72. The van der Waals surface area contributed by atoms with Crippen molar-refractivity contribution in [3.8, 4) is 0 Å². The molecule has 4 bridgehead atoms. The first-order valence-electron chi connectivity index (χ1n) is 11.9. The third kappa shape index (κ3) is 3.81. The number of aryl methyl sites for hydroxylation is 1. The van der Waals surface area contributed by atoms with Gasteiger partial charge in [-0.1, -0.05) is 18.2 Å². The second-order valence-corrected chi connectivity index (χ2v) is 10.8. The summed E-state index contributed by atoms with van der Waals surface area (Å²) in [5.74, 6) is 3.11. The molecule has 4 saturated carbocycles. The lowest BCUT2D eigenvalue weighted by molar-refractivity contribution is -0.892. The topological polar surface area (TPSA) is 36.8 Å². The van der Waals surface area contributed by atoms with E-state index in [4.69, 9.17) is 0 Å². The molecule has 0 spiro atoms. The molecule has 1 saturated heterocycles. The summed E-state index contributed by atoms with van der Waals surface area (Å²) in [5, 5.41) is 3.46. The number of benzene rings is 1. The molecule has 29 heavy (non-hydrogen) atoms. The van der Waals surface area contributed by atoms with Gasteiger partial charge in [0.05, 0.1) is 26.2 Å². The van der Waals surface area contributed by atoms with Gasteiger partial charge in [0.25, 0.3) is 5.91 Å². The monoisotopic (exact) mass is 396 g/mol. The molecule has 1 atom stereocenters. The molecule has 1 heterocycles. The number of carbonyl (C=O) groups excluding carboxylic acids is 1. The summed E-state index contributed by atoms with van der Waals surface area (Å²) in [6.07, 6.45) is 8.49. The number of piperazine rings is 1. The maximum atomic E-state index is 12.9. The molecule has 1 amide bonds. The number of quaternary nitrogens is 1. The van der Waals surface area contributed by atoms with Crippen LogP contribution in [0.2, 0.25) is 0 Å². The second-order valence-electron chi connectivity index (χ2n) is 10.8. The van der Waals surface area contributed by atoms with Crippen LogP contribution in [0.1, 0.15) is 51.0 Å². The van der Waals surface area contributed by atoms with Crippen LogP contribution in [0.15, 0.2) is 24.3 Å². The first-order chi connectivity index (χ1) is 14.0. The van der Waals surface area contributed by atoms with Gasteiger partial charge in [-0.2, -0.15) is 0 Å². The number of hydrogen-bond acceptors (Lipinski definition) is 2. The van der Waals surface area contributed by atoms with Crippen molar-refractivity contribution in [2.24, 2.45) is 23.2 Å². The number of nitrogens with zero attached hydrogens (tertiary/aromatic N) is 1. The highest BCUT2D eigenvalue weighted by Crippen LogP contribution is 2.61. The third-order valence-corrected chi connectivity index (χ3v) is 8.72. The summed E-state index contributed by atoms with van der Waals surface area (Å²) in [7, 11) is 0. The van der Waals surface area contributed by atoms with E-state index < -0.39 is 0 Å². The SMILES string of the molecule is Cc1ccccc1N1CC[NH+](CC(=O)N[C@@H](C)C23CC4CC(CC(C4)C2)C3)CC1. The maximum absolute atomic E-state index is 12.9. The summed E-state index contributed by atoms with van der Waals surface area (Å²) >= 11 is 0. The minimum Gasteiger partial charge on any atom is -0.360 e. The van der Waals surface area contributed by atoms with Crippen molar-refractivity contribution in [3.63, 3.8) is 0 Å². The summed E-state index contributed by atoms with van der Waals surface area (Å²) in [5.41, 5.74) is 3.10. The van der Waals surface area contributed by atoms with Crippen LogP contribution in [0.3, 0.4) is 0 Å². The normalized spacial score (nSPS) is 35.0. The lowest BCUT2D eigenvalue weighted by Gasteiger charge is -2.59. The van der Waals surface area contributed by atoms with Gasteiger partial charge in [0.2, 0.25) is 0 Å². The zero-order chi connectivity index (χ0) is 20.0. The number of para-hydroxylation sites is 1. The molecule has 0 unspecified atom stereocenters. The molecular weight excluding hydrogens is 358 g/mol. The van der Waals surface area contributed by atoms with Gasteiger partial charge in [-0.25, -0.2) is 0 Å². The molecule has 158 valence electrons. The number of amides is 1. The summed E-state index contributed by atoms with van der Waals surface area (Å²) in [6, 6.07) is 8.99. The summed E-state index contributed by atoms with van der Waals surface area (Å²) in [4.78, 5) is 16.8. The van der Waals surface area contributed by atoms with Crippen LogP contribution in [0, 0.1) is 30.1 Å². The van der Waals surface area contributed by atoms with Crippen LogP contribution in [0.4, 0.5) is 5.69 Å². The molecule has 1 aromatic carbocycles. The number of carbonyl (C=O) groups is 1. The van der Waals surface area contributed by atoms with E-state index in [2.05, 4.69) is 48.3 Å². The van der Waals surface area contributed by atoms with Crippen molar-refractivity contribution in [1.29, 1.82) is 0 Å². The zero-order valence-electron chi connectivity index (χ0n) is 18.3. The largest absolute Gasteiger partial charge is 0.360 e. The van der Waals surface area contributed by atoms with Crippen LogP contribution < -0.4 is 15.1 Å². The number of hydrogen-bond donors (Lipinski definition) is 2. The van der Waals surface area contributed by atoms with E-state index in [9.17, 15) is 4.79 Å². The zero-order valence-corrected chi connectivity index (χ0v) is 18.3. The van der Waals surface area contributed by atoms with Gasteiger partial charge in [0.15, 0.2) is 6.54 Å². The molecule has 2 N–H and O–H groups in total. The first kappa shape index (κ1) is 19.4. The van der Waals surface area contributed by atoms with E-state index in [-0.39, 0.29) is 5.91 Å². The Hall–Kier alpha value is -1.55. The van der Waals surface area contributed by atoms with Gasteiger partial charge in [0, 0.05) is 11.7 Å². The molecule has 1 aromatic rings. The molecule has 0 radical (unpaired) electrons. The summed E-state index contributed by atoms with van der Waals surface area (Å²) < 4.78 is 0. The van der Waals surface area contributed by atoms with Gasteiger partial charge in [-0.15, -0.1) is 0 Å². The minimum atomic E-state index is 0.271. The molecule has 5 fully saturated rings. The van der Waals surface area contributed by atoms with Crippen LogP contribution in [-0.2, 0) is 4.79 Å². The average Bonchev–Trinajstić information content (AvgIpc) is 2.68. The van der Waals surface area contributed by atoms with Crippen molar-refractivity contribution < 1.29 is 9.69 Å². The molecular formula is C25H38N3O+. The fourth-order valence-electron chi connectivity index (χ4n) is 7.54. The predicted molar refractivity (Wildman–Crippen MR) is 117 cm³/mol. The van der Waals surface area contributed by atoms with E-state index in [0.29, 0.717) is 18.0 Å². The van der Waals surface area contributed by atoms with Crippen LogP contribution in [0.5, 0.6) is 0 Å². The molecule has 6 rings (SSSR count). The quantitative estimate of drug-likeness (QED) is 0.802. The fraction of sp³-hybridized carbons (Fsp3) is 0.720. The maximum Gasteiger partial charge on any atom is 0.275 e. The minimum absolute atomic E-state index is 0.271. The highest BCUT2D eigenvalue weighted by Gasteiger charge is 2.53. The molecule has 4 aliphatic carbocycles. The van der Waals surface area contributed by atoms with Gasteiger partial charge < -0.3 is 15.1 Å². The van der Waals surface area contributed by atoms with Crippen LogP contribution in [-0.4, -0.2) is 44.7 Å². The molecule has 1 aliphatic heterocycles. The van der Waals surface area contributed by atoms with E-state index in [1.54, 1.807) is 0 Å². The van der Waals surface area contributed by atoms with Gasteiger partial charge in [-0.05, 0) is 87.2 Å². The van der Waals surface area contributed by atoms with E-state index in [1.165, 1.54) is 54.7 Å². The highest BCUT2D eigenvalue weighted by atomic mass is 16.2. The standard InChI is InChI=1S/C25H37N3O/c1-18-5-3-4-6-23(18)28-9-7-27(8-10-28)17-24(29)26-19(2)25-14-20-11-21(15-25)13-22(12-20)16-25/h3-6,19-22H,7-17H2,1-2H3,(H,26,29)/p+1/t19-,20?,21?,22?,25?/m0/s1. The molecule has 0 aromatic heterocycles. The summed E-state index contributed by atoms with van der Waals surface area (Å²) in [6.45, 7) is 9.31. The second kappa shape index (κ2) is 7.61. The molecule has 4 heteroatoms. The fourth-order valence-corrected chi connectivity index (χ4v) is 7.54. The van der Waals surface area contributed by atoms with E-state index in [1.807, 2.05) is 0 Å². The molecule has 4 nitrogen and oxygen atoms in total. The molecule has 5 aliphatic rings. The van der Waals surface area contributed by atoms with Gasteiger partial charge in [-0.3, -0.25) is 4.79 Å². The predicted octanol–water partition coefficient (Wildman–Crippen LogP) is 2.42. The van der Waals surface area contributed by atoms with Crippen molar-refractivity contribution >= 4 is 11.6 Å². The van der Waals surface area contributed by atoms with E-state index >= 15 is 0 Å². The van der Waals surface area contributed by atoms with Crippen molar-refractivity contribution in [3.05, 3.63) is 29.8 Å². The number of nitrogens with one attached hydrogen (secondary N) is 2. The van der Waals surface area contributed by atoms with Gasteiger partial charge >= 0.3 is 0 Å². The Morgan fingerprint density at radius 2 is 1.69 bits per heavy atom. The Kier molecular flexibility index (Phi) is 5.09. The Morgan fingerprint density at radius 3 is 2.28 bits per heavy atom. The van der Waals surface area contributed by atoms with Crippen LogP contribution in [0.25, 0.3) is 0 Å². The lowest BCUT2D eigenvalue weighted by atomic mass is 9.48. The van der Waals surface area contributed by atoms with Gasteiger partial charge in [0.1, 0.15) is 0 Å². The van der Waals surface area contributed by atoms with Crippen molar-refractivity contribution in [1.82, 2.24) is 5.32 Å². The van der Waals surface area contributed by atoms with Crippen molar-refractivity contribution in [2.75, 3.05) is 37.6 Å². The van der Waals surface area contributed by atoms with Crippen LogP contribution >= 0.6 is 0 Å².